The monoisotopic (exact) mass is 590 g/mol. The van der Waals surface area contributed by atoms with Gasteiger partial charge in [-0.1, -0.05) is 42.5 Å². The highest BCUT2D eigenvalue weighted by Crippen LogP contribution is 2.36. The number of H-pyrrole nitrogens is 1. The third-order valence-corrected chi connectivity index (χ3v) is 8.98. The maximum atomic E-state index is 13.8. The van der Waals surface area contributed by atoms with Crippen LogP contribution in [0, 0.1) is 11.3 Å². The fourth-order valence-corrected chi connectivity index (χ4v) is 6.46. The van der Waals surface area contributed by atoms with Gasteiger partial charge in [0.2, 0.25) is 23.6 Å². The molecule has 1 aromatic heterocycles. The molecule has 4 atom stereocenters. The number of carbonyl (C=O) groups excluding carboxylic acids is 4. The highest BCUT2D eigenvalue weighted by Gasteiger charge is 2.42. The Kier molecular flexibility index (Phi) is 9.91. The highest BCUT2D eigenvalue weighted by molar-refractivity contribution is 5.91. The lowest BCUT2D eigenvalue weighted by Gasteiger charge is -2.41. The van der Waals surface area contributed by atoms with Crippen LogP contribution in [0.25, 0.3) is 0 Å². The van der Waals surface area contributed by atoms with Crippen LogP contribution in [0.5, 0.6) is 0 Å². The minimum atomic E-state index is -0.725. The Hall–Kier alpha value is -3.99. The maximum Gasteiger partial charge on any atom is 0.245 e. The summed E-state index contributed by atoms with van der Waals surface area (Å²) < 4.78 is 5.59. The van der Waals surface area contributed by atoms with E-state index in [1.807, 2.05) is 30.3 Å². The fraction of sp³-hybridized carbons (Fsp3) is 0.531. The van der Waals surface area contributed by atoms with E-state index in [2.05, 4.69) is 38.1 Å². The second-order valence-corrected chi connectivity index (χ2v) is 12.0. The van der Waals surface area contributed by atoms with E-state index >= 15 is 0 Å². The predicted octanol–water partition coefficient (Wildman–Crippen LogP) is 1.66. The Morgan fingerprint density at radius 1 is 1.14 bits per heavy atom. The molecule has 11 nitrogen and oxygen atoms in total. The highest BCUT2D eigenvalue weighted by atomic mass is 16.5. The van der Waals surface area contributed by atoms with Crippen LogP contribution in [-0.2, 0) is 36.8 Å². The third kappa shape index (κ3) is 7.70. The van der Waals surface area contributed by atoms with E-state index in [1.165, 1.54) is 6.92 Å². The molecule has 1 aromatic carbocycles. The van der Waals surface area contributed by atoms with Gasteiger partial charge in [-0.25, -0.2) is 4.98 Å². The largest absolute Gasteiger partial charge is 0.381 e. The summed E-state index contributed by atoms with van der Waals surface area (Å²) in [5.74, 6) is -0.770. The molecule has 1 spiro atoms. The second kappa shape index (κ2) is 14.0. The molecule has 2 fully saturated rings. The zero-order valence-electron chi connectivity index (χ0n) is 24.7. The van der Waals surface area contributed by atoms with Gasteiger partial charge in [-0.3, -0.25) is 19.2 Å². The number of aromatic nitrogens is 2. The van der Waals surface area contributed by atoms with E-state index in [4.69, 9.17) is 4.74 Å². The number of hydrogen-bond acceptors (Lipinski definition) is 6. The summed E-state index contributed by atoms with van der Waals surface area (Å²) in [5, 5.41) is 9.16. The molecule has 11 heteroatoms. The Bertz CT molecular complexity index is 1290. The van der Waals surface area contributed by atoms with Crippen molar-refractivity contribution in [1.82, 2.24) is 30.8 Å². The van der Waals surface area contributed by atoms with Crippen molar-refractivity contribution < 1.29 is 23.9 Å². The van der Waals surface area contributed by atoms with Gasteiger partial charge in [-0.15, -0.1) is 0 Å². The molecule has 43 heavy (non-hydrogen) atoms. The number of amides is 4. The van der Waals surface area contributed by atoms with E-state index in [0.717, 1.165) is 11.3 Å². The second-order valence-electron chi connectivity index (χ2n) is 12.0. The van der Waals surface area contributed by atoms with Crippen molar-refractivity contribution in [3.8, 4) is 0 Å². The van der Waals surface area contributed by atoms with Crippen LogP contribution >= 0.6 is 0 Å². The molecule has 0 radical (unpaired) electrons. The Morgan fingerprint density at radius 2 is 1.93 bits per heavy atom. The molecule has 0 bridgehead atoms. The number of imidazole rings is 1. The quantitative estimate of drug-likeness (QED) is 0.377. The van der Waals surface area contributed by atoms with Gasteiger partial charge < -0.3 is 30.6 Å². The normalized spacial score (nSPS) is 25.7. The van der Waals surface area contributed by atoms with Crippen LogP contribution in [0.3, 0.4) is 0 Å². The Labute approximate surface area is 252 Å². The molecular weight excluding hydrogens is 548 g/mol. The number of hydrogen-bond donors (Lipinski definition) is 4. The molecule has 0 unspecified atom stereocenters. The van der Waals surface area contributed by atoms with Gasteiger partial charge in [0.1, 0.15) is 12.1 Å². The smallest absolute Gasteiger partial charge is 0.245 e. The van der Waals surface area contributed by atoms with Gasteiger partial charge >= 0.3 is 0 Å². The molecule has 2 aromatic rings. The summed E-state index contributed by atoms with van der Waals surface area (Å²) in [6.45, 7) is 3.31. The molecule has 4 heterocycles. The number of nitrogens with zero attached hydrogens (tertiary/aromatic N) is 2. The molecule has 3 aliphatic heterocycles. The van der Waals surface area contributed by atoms with Crippen molar-refractivity contribution in [3.63, 3.8) is 0 Å². The van der Waals surface area contributed by atoms with E-state index in [9.17, 15) is 19.2 Å². The Balaban J connectivity index is 1.36. The first-order chi connectivity index (χ1) is 20.8. The van der Waals surface area contributed by atoms with E-state index in [-0.39, 0.29) is 35.6 Å². The minimum absolute atomic E-state index is 0.0267. The van der Waals surface area contributed by atoms with Crippen molar-refractivity contribution >= 4 is 23.6 Å². The van der Waals surface area contributed by atoms with E-state index in [1.54, 1.807) is 17.4 Å². The number of fused-ring (bicyclic) bond motifs is 1. The standard InChI is InChI=1S/C32H42N6O5/c1-22(39)35-28(18-25-19-33-21-34-25)30(41)38-14-10-26-24(20-38)9-5-6-11-32(12-15-43-16-13-32)31(42)37-27(29(40)36-26)17-23-7-3-2-4-8-23/h2-8,19,21,24,26-28H,9-18,20H2,1H3,(H,33,34)(H,35,39)(H,36,40)(H,37,42)/b6-5+/t24-,26+,27-,28-/m0/s1. The van der Waals surface area contributed by atoms with Crippen molar-refractivity contribution in [2.24, 2.45) is 11.3 Å². The maximum absolute atomic E-state index is 13.8. The first-order valence-corrected chi connectivity index (χ1v) is 15.2. The number of piperidine rings is 1. The number of nitrogens with one attached hydrogen (secondary N) is 4. The molecule has 0 saturated carbocycles. The van der Waals surface area contributed by atoms with Gasteiger partial charge in [0.05, 0.1) is 11.7 Å². The molecule has 2 saturated heterocycles. The molecule has 4 amide bonds. The lowest BCUT2D eigenvalue weighted by molar-refractivity contribution is -0.141. The predicted molar refractivity (Wildman–Crippen MR) is 159 cm³/mol. The van der Waals surface area contributed by atoms with Crippen molar-refractivity contribution in [2.75, 3.05) is 26.3 Å². The summed E-state index contributed by atoms with van der Waals surface area (Å²) in [4.78, 5) is 62.1. The molecular formula is C32H42N6O5. The zero-order chi connectivity index (χ0) is 30.2. The third-order valence-electron chi connectivity index (χ3n) is 8.98. The molecule has 5 rings (SSSR count). The van der Waals surface area contributed by atoms with Crippen LogP contribution in [0.15, 0.2) is 55.0 Å². The molecule has 3 aliphatic rings. The van der Waals surface area contributed by atoms with Crippen molar-refractivity contribution in [3.05, 3.63) is 66.3 Å². The van der Waals surface area contributed by atoms with Crippen LogP contribution < -0.4 is 16.0 Å². The van der Waals surface area contributed by atoms with Crippen LogP contribution in [0.4, 0.5) is 0 Å². The topological polar surface area (TPSA) is 146 Å². The van der Waals surface area contributed by atoms with Crippen LogP contribution in [0.2, 0.25) is 0 Å². The molecule has 230 valence electrons. The number of aromatic amines is 1. The van der Waals surface area contributed by atoms with Crippen LogP contribution in [-0.4, -0.2) is 82.9 Å². The fourth-order valence-electron chi connectivity index (χ4n) is 6.46. The summed E-state index contributed by atoms with van der Waals surface area (Å²) in [5.41, 5.74) is 1.10. The Morgan fingerprint density at radius 3 is 2.65 bits per heavy atom. The summed E-state index contributed by atoms with van der Waals surface area (Å²) >= 11 is 0. The van der Waals surface area contributed by atoms with E-state index < -0.39 is 17.5 Å². The van der Waals surface area contributed by atoms with Gasteiger partial charge in [0.15, 0.2) is 0 Å². The number of likely N-dealkylation sites (tertiary alicyclic amines) is 1. The zero-order valence-corrected chi connectivity index (χ0v) is 24.7. The lowest BCUT2D eigenvalue weighted by Crippen LogP contribution is -2.60. The SMILES string of the molecule is CC(=O)N[C@@H](Cc1cnc[nH]1)C(=O)N1CC[C@H]2NC(=O)[C@H](Cc3ccccc3)NC(=O)C3(C/C=C/C[C@H]2C1)CCOCC3. The van der Waals surface area contributed by atoms with Crippen LogP contribution in [0.1, 0.15) is 50.3 Å². The number of allylic oxidation sites excluding steroid dienone is 2. The first-order valence-electron chi connectivity index (χ1n) is 15.2. The van der Waals surface area contributed by atoms with Gasteiger partial charge in [-0.05, 0) is 37.7 Å². The number of rotatable bonds is 6. The average Bonchev–Trinajstić information content (AvgIpc) is 3.52. The number of benzene rings is 1. The van der Waals surface area contributed by atoms with Crippen molar-refractivity contribution in [1.29, 1.82) is 0 Å². The molecule has 0 aliphatic carbocycles. The summed E-state index contributed by atoms with van der Waals surface area (Å²) in [6.07, 6.45) is 11.0. The summed E-state index contributed by atoms with van der Waals surface area (Å²) in [7, 11) is 0. The van der Waals surface area contributed by atoms with Gasteiger partial charge in [0, 0.05) is 69.9 Å². The summed E-state index contributed by atoms with van der Waals surface area (Å²) in [6, 6.07) is 8.10. The van der Waals surface area contributed by atoms with E-state index in [0.29, 0.717) is 71.2 Å². The number of ether oxygens (including phenoxy) is 1. The average molecular weight is 591 g/mol. The van der Waals surface area contributed by atoms with Gasteiger partial charge in [-0.2, -0.15) is 0 Å². The van der Waals surface area contributed by atoms with Gasteiger partial charge in [0.25, 0.3) is 0 Å². The minimum Gasteiger partial charge on any atom is -0.381 e. The molecule has 4 N–H and O–H groups in total. The first kappa shape index (κ1) is 30.5. The van der Waals surface area contributed by atoms with Crippen molar-refractivity contribution in [2.45, 2.75) is 70.0 Å². The number of carbonyl (C=O) groups is 4. The lowest BCUT2D eigenvalue weighted by atomic mass is 9.75.